The van der Waals surface area contributed by atoms with Crippen molar-refractivity contribution >= 4 is 17.7 Å². The monoisotopic (exact) mass is 344 g/mol. The molecule has 0 saturated heterocycles. The van der Waals surface area contributed by atoms with Crippen LogP contribution in [0.1, 0.15) is 50.4 Å². The molecule has 128 valence electrons. The summed E-state index contributed by atoms with van der Waals surface area (Å²) in [5.74, 6) is 1.71. The van der Waals surface area contributed by atoms with Crippen molar-refractivity contribution in [3.05, 3.63) is 41.7 Å². The van der Waals surface area contributed by atoms with Gasteiger partial charge in [0.1, 0.15) is 5.82 Å². The lowest BCUT2D eigenvalue weighted by Crippen LogP contribution is -2.32. The van der Waals surface area contributed by atoms with Gasteiger partial charge in [0.2, 0.25) is 5.91 Å². The van der Waals surface area contributed by atoms with Crippen molar-refractivity contribution in [1.82, 2.24) is 20.1 Å². The van der Waals surface area contributed by atoms with Crippen molar-refractivity contribution in [3.8, 4) is 0 Å². The molecule has 1 atom stereocenters. The minimum Gasteiger partial charge on any atom is -0.351 e. The van der Waals surface area contributed by atoms with Gasteiger partial charge in [0.05, 0.1) is 5.25 Å². The van der Waals surface area contributed by atoms with Crippen LogP contribution in [0.5, 0.6) is 0 Å². The molecule has 1 unspecified atom stereocenters. The van der Waals surface area contributed by atoms with Gasteiger partial charge < -0.3 is 9.88 Å². The largest absolute Gasteiger partial charge is 0.351 e. The molecule has 0 bridgehead atoms. The van der Waals surface area contributed by atoms with Crippen LogP contribution in [0.15, 0.2) is 35.5 Å². The molecule has 1 saturated carbocycles. The second-order valence-corrected chi connectivity index (χ2v) is 7.25. The molecule has 6 heteroatoms. The lowest BCUT2D eigenvalue weighted by Gasteiger charge is -2.15. The summed E-state index contributed by atoms with van der Waals surface area (Å²) < 4.78 is 2.16. The fraction of sp³-hybridized carbons (Fsp3) is 0.500. The van der Waals surface area contributed by atoms with E-state index >= 15 is 0 Å². The molecule has 0 radical (unpaired) electrons. The van der Waals surface area contributed by atoms with Crippen LogP contribution in [0.4, 0.5) is 0 Å². The number of carbonyl (C=O) groups is 1. The Morgan fingerprint density at radius 3 is 2.67 bits per heavy atom. The second kappa shape index (κ2) is 7.83. The van der Waals surface area contributed by atoms with Crippen LogP contribution in [-0.4, -0.2) is 25.9 Å². The summed E-state index contributed by atoms with van der Waals surface area (Å²) in [6, 6.07) is 9.98. The first-order chi connectivity index (χ1) is 11.7. The number of nitrogens with one attached hydrogen (secondary N) is 1. The first-order valence-electron chi connectivity index (χ1n) is 8.64. The molecular formula is C18H24N4OS. The van der Waals surface area contributed by atoms with E-state index in [4.69, 9.17) is 0 Å². The van der Waals surface area contributed by atoms with E-state index in [-0.39, 0.29) is 11.2 Å². The van der Waals surface area contributed by atoms with Gasteiger partial charge in [0.15, 0.2) is 5.16 Å². The Bertz CT molecular complexity index is 682. The van der Waals surface area contributed by atoms with E-state index in [1.54, 1.807) is 0 Å². The van der Waals surface area contributed by atoms with E-state index in [0.717, 1.165) is 29.5 Å². The predicted octanol–water partition coefficient (Wildman–Crippen LogP) is 3.36. The molecule has 1 heterocycles. The lowest BCUT2D eigenvalue weighted by molar-refractivity contribution is -0.120. The highest BCUT2D eigenvalue weighted by Gasteiger charge is 2.31. The number of thioether (sulfide) groups is 1. The van der Waals surface area contributed by atoms with Gasteiger partial charge in [-0.2, -0.15) is 0 Å². The first kappa shape index (κ1) is 17.0. The second-order valence-electron chi connectivity index (χ2n) is 6.08. The Kier molecular flexibility index (Phi) is 5.56. The van der Waals surface area contributed by atoms with Gasteiger partial charge in [-0.05, 0) is 31.7 Å². The van der Waals surface area contributed by atoms with E-state index in [2.05, 4.69) is 27.0 Å². The summed E-state index contributed by atoms with van der Waals surface area (Å²) >= 11 is 1.53. The van der Waals surface area contributed by atoms with E-state index in [1.807, 2.05) is 37.3 Å². The maximum atomic E-state index is 12.5. The molecule has 1 aliphatic rings. The van der Waals surface area contributed by atoms with Crippen molar-refractivity contribution in [2.45, 2.75) is 62.5 Å². The maximum absolute atomic E-state index is 12.5. The summed E-state index contributed by atoms with van der Waals surface area (Å²) in [4.78, 5) is 12.5. The maximum Gasteiger partial charge on any atom is 0.233 e. The molecule has 3 rings (SSSR count). The smallest absolute Gasteiger partial charge is 0.233 e. The molecule has 1 amide bonds. The topological polar surface area (TPSA) is 59.8 Å². The SMILES string of the molecule is CCC(Sc1nnc(C2CC2)n1CC)C(=O)NCc1ccccc1. The molecule has 0 aliphatic heterocycles. The number of amides is 1. The van der Waals surface area contributed by atoms with Crippen molar-refractivity contribution in [2.24, 2.45) is 0 Å². The summed E-state index contributed by atoms with van der Waals surface area (Å²) in [6.07, 6.45) is 3.18. The average molecular weight is 344 g/mol. The van der Waals surface area contributed by atoms with Gasteiger partial charge in [0.25, 0.3) is 0 Å². The number of hydrogen-bond donors (Lipinski definition) is 1. The fourth-order valence-corrected chi connectivity index (χ4v) is 3.73. The third-order valence-corrected chi connectivity index (χ3v) is 5.57. The normalized spacial score (nSPS) is 15.2. The zero-order chi connectivity index (χ0) is 16.9. The van der Waals surface area contributed by atoms with Crippen LogP contribution < -0.4 is 5.32 Å². The molecule has 24 heavy (non-hydrogen) atoms. The van der Waals surface area contributed by atoms with Crippen molar-refractivity contribution in [3.63, 3.8) is 0 Å². The van der Waals surface area contributed by atoms with Gasteiger partial charge >= 0.3 is 0 Å². The summed E-state index contributed by atoms with van der Waals surface area (Å²) in [6.45, 7) is 5.55. The Labute approximate surface area is 147 Å². The van der Waals surface area contributed by atoms with Gasteiger partial charge in [0, 0.05) is 19.0 Å². The van der Waals surface area contributed by atoms with Crippen LogP contribution in [0, 0.1) is 0 Å². The average Bonchev–Trinajstić information content (AvgIpc) is 3.38. The van der Waals surface area contributed by atoms with Crippen LogP contribution >= 0.6 is 11.8 Å². The molecule has 1 aliphatic carbocycles. The lowest BCUT2D eigenvalue weighted by atomic mass is 10.2. The molecule has 1 N–H and O–H groups in total. The Morgan fingerprint density at radius 2 is 2.04 bits per heavy atom. The molecule has 1 fully saturated rings. The highest BCUT2D eigenvalue weighted by Crippen LogP contribution is 2.40. The van der Waals surface area contributed by atoms with Gasteiger partial charge in [-0.15, -0.1) is 10.2 Å². The quantitative estimate of drug-likeness (QED) is 0.746. The van der Waals surface area contributed by atoms with E-state index in [1.165, 1.54) is 24.6 Å². The summed E-state index contributed by atoms with van der Waals surface area (Å²) in [5.41, 5.74) is 1.11. The molecule has 0 spiro atoms. The number of rotatable bonds is 8. The van der Waals surface area contributed by atoms with Crippen molar-refractivity contribution in [1.29, 1.82) is 0 Å². The van der Waals surface area contributed by atoms with Crippen LogP contribution in [0.25, 0.3) is 0 Å². The summed E-state index contributed by atoms with van der Waals surface area (Å²) in [5, 5.41) is 12.4. The van der Waals surface area contributed by atoms with Gasteiger partial charge in [-0.25, -0.2) is 0 Å². The number of aromatic nitrogens is 3. The van der Waals surface area contributed by atoms with E-state index in [9.17, 15) is 4.79 Å². The minimum absolute atomic E-state index is 0.0602. The molecule has 1 aromatic carbocycles. The molecule has 1 aromatic heterocycles. The van der Waals surface area contributed by atoms with Gasteiger partial charge in [-0.1, -0.05) is 49.0 Å². The molecule has 5 nitrogen and oxygen atoms in total. The predicted molar refractivity (Wildman–Crippen MR) is 95.9 cm³/mol. The van der Waals surface area contributed by atoms with Gasteiger partial charge in [-0.3, -0.25) is 4.79 Å². The molecule has 2 aromatic rings. The number of hydrogen-bond acceptors (Lipinski definition) is 4. The summed E-state index contributed by atoms with van der Waals surface area (Å²) in [7, 11) is 0. The Morgan fingerprint density at radius 1 is 1.29 bits per heavy atom. The Balaban J connectivity index is 1.62. The minimum atomic E-state index is -0.143. The van der Waals surface area contributed by atoms with E-state index < -0.39 is 0 Å². The third kappa shape index (κ3) is 3.98. The van der Waals surface area contributed by atoms with Crippen LogP contribution in [0.2, 0.25) is 0 Å². The zero-order valence-electron chi connectivity index (χ0n) is 14.2. The number of nitrogens with zero attached hydrogens (tertiary/aromatic N) is 3. The number of benzene rings is 1. The van der Waals surface area contributed by atoms with Crippen molar-refractivity contribution < 1.29 is 4.79 Å². The van der Waals surface area contributed by atoms with Crippen LogP contribution in [0.3, 0.4) is 0 Å². The van der Waals surface area contributed by atoms with E-state index in [0.29, 0.717) is 12.5 Å². The Hall–Kier alpha value is -1.82. The van der Waals surface area contributed by atoms with Crippen molar-refractivity contribution in [2.75, 3.05) is 0 Å². The standard InChI is InChI=1S/C18H24N4OS/c1-3-15(17(23)19-12-13-8-6-5-7-9-13)24-18-21-20-16(14-10-11-14)22(18)4-2/h5-9,14-15H,3-4,10-12H2,1-2H3,(H,19,23). The highest BCUT2D eigenvalue weighted by molar-refractivity contribution is 8.00. The first-order valence-corrected chi connectivity index (χ1v) is 9.52. The number of carbonyl (C=O) groups excluding carboxylic acids is 1. The molecular weight excluding hydrogens is 320 g/mol. The third-order valence-electron chi connectivity index (χ3n) is 4.22. The zero-order valence-corrected chi connectivity index (χ0v) is 15.1. The fourth-order valence-electron chi connectivity index (χ4n) is 2.68. The van der Waals surface area contributed by atoms with Crippen LogP contribution in [-0.2, 0) is 17.9 Å². The highest BCUT2D eigenvalue weighted by atomic mass is 32.2.